The number of rotatable bonds is 3. The van der Waals surface area contributed by atoms with Crippen molar-refractivity contribution in [3.05, 3.63) is 64.6 Å². The molecule has 120 valence electrons. The lowest BCUT2D eigenvalue weighted by Gasteiger charge is -2.13. The van der Waals surface area contributed by atoms with Crippen molar-refractivity contribution in [2.45, 2.75) is 5.50 Å². The molecule has 0 fully saturated rings. The summed E-state index contributed by atoms with van der Waals surface area (Å²) in [7, 11) is 2.00. The molecule has 1 aliphatic heterocycles. The van der Waals surface area contributed by atoms with Crippen molar-refractivity contribution >= 4 is 44.3 Å². The third-order valence-corrected chi connectivity index (χ3v) is 5.60. The number of H-pyrrole nitrogens is 1. The van der Waals surface area contributed by atoms with Gasteiger partial charge in [0, 0.05) is 29.7 Å². The van der Waals surface area contributed by atoms with Gasteiger partial charge in [-0.3, -0.25) is 0 Å². The minimum atomic E-state index is -0.0448. The lowest BCUT2D eigenvalue weighted by Crippen LogP contribution is -2.16. The molecule has 1 atom stereocenters. The van der Waals surface area contributed by atoms with Gasteiger partial charge in [0.15, 0.2) is 5.50 Å². The number of hydrogen-bond donors (Lipinski definition) is 1. The molecule has 1 unspecified atom stereocenters. The molecule has 0 saturated carbocycles. The van der Waals surface area contributed by atoms with E-state index >= 15 is 0 Å². The van der Waals surface area contributed by atoms with Crippen molar-refractivity contribution in [3.63, 3.8) is 0 Å². The zero-order valence-electron chi connectivity index (χ0n) is 13.0. The van der Waals surface area contributed by atoms with E-state index in [0.717, 1.165) is 31.7 Å². The monoisotopic (exact) mass is 398 g/mol. The summed E-state index contributed by atoms with van der Waals surface area (Å²) in [5.41, 5.74) is 4.01. The highest BCUT2D eigenvalue weighted by Crippen LogP contribution is 2.40. The molecule has 1 aromatic heterocycles. The van der Waals surface area contributed by atoms with Gasteiger partial charge in [-0.05, 0) is 22.0 Å². The predicted octanol–water partition coefficient (Wildman–Crippen LogP) is 6.07. The Morgan fingerprint density at radius 3 is 2.58 bits per heavy atom. The summed E-state index contributed by atoms with van der Waals surface area (Å²) in [6.45, 7) is 0. The summed E-state index contributed by atoms with van der Waals surface area (Å²) >= 11 is 5.14. The van der Waals surface area contributed by atoms with Crippen LogP contribution in [0.3, 0.4) is 0 Å². The number of nitrogens with one attached hydrogen (secondary N) is 1. The van der Waals surface area contributed by atoms with Crippen LogP contribution >= 0.6 is 27.7 Å². The molecule has 0 aliphatic carbocycles. The van der Waals surface area contributed by atoms with Gasteiger partial charge < -0.3 is 9.88 Å². The molecule has 2 heterocycles. The quantitative estimate of drug-likeness (QED) is 0.543. The van der Waals surface area contributed by atoms with E-state index in [1.54, 1.807) is 11.8 Å². The fourth-order valence-corrected chi connectivity index (χ4v) is 4.27. The van der Waals surface area contributed by atoms with Gasteiger partial charge in [0.2, 0.25) is 0 Å². The van der Waals surface area contributed by atoms with Crippen LogP contribution in [-0.2, 0) is 0 Å². The first kappa shape index (κ1) is 15.5. The Morgan fingerprint density at radius 1 is 1.08 bits per heavy atom. The summed E-state index contributed by atoms with van der Waals surface area (Å²) in [6.07, 6.45) is 2.02. The Kier molecular flexibility index (Phi) is 4.16. The maximum atomic E-state index is 4.61. The van der Waals surface area contributed by atoms with Crippen LogP contribution in [0.2, 0.25) is 0 Å². The third-order valence-electron chi connectivity index (χ3n) is 3.87. The smallest absolute Gasteiger partial charge is 0.194 e. The second-order valence-electron chi connectivity index (χ2n) is 5.52. The second-order valence-corrected chi connectivity index (χ2v) is 7.99. The highest BCUT2D eigenvalue weighted by Gasteiger charge is 2.21. The zero-order valence-corrected chi connectivity index (χ0v) is 15.4. The van der Waals surface area contributed by atoms with Crippen LogP contribution in [0.4, 0.5) is 5.69 Å². The van der Waals surface area contributed by atoms with Crippen LogP contribution in [0.5, 0.6) is 0 Å². The number of thioether (sulfide) groups is 1. The summed E-state index contributed by atoms with van der Waals surface area (Å²) in [4.78, 5) is 5.52. The Balaban J connectivity index is 1.79. The van der Waals surface area contributed by atoms with Crippen molar-refractivity contribution in [2.24, 2.45) is 10.2 Å². The Bertz CT molecular complexity index is 933. The number of aromatic nitrogens is 1. The molecule has 1 aliphatic rings. The maximum Gasteiger partial charge on any atom is 0.194 e. The van der Waals surface area contributed by atoms with E-state index < -0.39 is 0 Å². The fraction of sp³-hybridized carbons (Fsp3) is 0.111. The SMILES string of the molecule is CN1C=C(Br)SC1N=Nc1c(-c2ccccc2)[nH]c2ccccc12. The summed E-state index contributed by atoms with van der Waals surface area (Å²) in [5.74, 6) is 0. The molecular weight excluding hydrogens is 384 g/mol. The third kappa shape index (κ3) is 2.87. The molecule has 24 heavy (non-hydrogen) atoms. The van der Waals surface area contributed by atoms with Gasteiger partial charge in [0.1, 0.15) is 5.69 Å². The number of benzene rings is 2. The van der Waals surface area contributed by atoms with Crippen molar-refractivity contribution in [1.29, 1.82) is 0 Å². The maximum absolute atomic E-state index is 4.61. The van der Waals surface area contributed by atoms with E-state index in [2.05, 4.69) is 55.4 Å². The number of nitrogens with zero attached hydrogens (tertiary/aromatic N) is 3. The Morgan fingerprint density at radius 2 is 1.83 bits per heavy atom. The average molecular weight is 399 g/mol. The van der Waals surface area contributed by atoms with Crippen molar-refractivity contribution in [1.82, 2.24) is 9.88 Å². The lowest BCUT2D eigenvalue weighted by molar-refractivity contribution is 0.437. The Labute approximate surface area is 152 Å². The molecule has 0 bridgehead atoms. The van der Waals surface area contributed by atoms with E-state index in [1.807, 2.05) is 48.5 Å². The van der Waals surface area contributed by atoms with Gasteiger partial charge >= 0.3 is 0 Å². The minimum Gasteiger partial charge on any atom is -0.353 e. The van der Waals surface area contributed by atoms with Crippen LogP contribution in [-0.4, -0.2) is 22.4 Å². The first-order valence-electron chi connectivity index (χ1n) is 7.55. The van der Waals surface area contributed by atoms with Gasteiger partial charge in [-0.15, -0.1) is 0 Å². The first-order valence-corrected chi connectivity index (χ1v) is 9.22. The van der Waals surface area contributed by atoms with Crippen LogP contribution in [0.25, 0.3) is 22.2 Å². The zero-order chi connectivity index (χ0) is 16.5. The van der Waals surface area contributed by atoms with E-state index in [1.165, 1.54) is 0 Å². The second kappa shape index (κ2) is 6.45. The van der Waals surface area contributed by atoms with E-state index in [-0.39, 0.29) is 5.50 Å². The van der Waals surface area contributed by atoms with Gasteiger partial charge in [-0.1, -0.05) is 60.3 Å². The van der Waals surface area contributed by atoms with Crippen LogP contribution in [0.1, 0.15) is 0 Å². The van der Waals surface area contributed by atoms with Crippen molar-refractivity contribution < 1.29 is 0 Å². The lowest BCUT2D eigenvalue weighted by atomic mass is 10.1. The standard InChI is InChI=1S/C18H15BrN4S/c1-23-11-15(19)24-18(23)22-21-17-13-9-5-6-10-14(13)20-16(17)12-7-3-2-4-8-12/h2-11,18,20H,1H3. The average Bonchev–Trinajstić information content (AvgIpc) is 3.13. The molecule has 3 aromatic rings. The number of halogens is 1. The van der Waals surface area contributed by atoms with E-state index in [4.69, 9.17) is 0 Å². The number of azo groups is 1. The van der Waals surface area contributed by atoms with Crippen molar-refractivity contribution in [2.75, 3.05) is 7.05 Å². The molecule has 1 N–H and O–H groups in total. The first-order chi connectivity index (χ1) is 11.7. The number of hydrogen-bond acceptors (Lipinski definition) is 4. The van der Waals surface area contributed by atoms with E-state index in [0.29, 0.717) is 0 Å². The van der Waals surface area contributed by atoms with E-state index in [9.17, 15) is 0 Å². The highest BCUT2D eigenvalue weighted by atomic mass is 79.9. The molecule has 0 amide bonds. The molecule has 0 spiro atoms. The topological polar surface area (TPSA) is 43.8 Å². The van der Waals surface area contributed by atoms with Crippen molar-refractivity contribution in [3.8, 4) is 11.3 Å². The number of para-hydroxylation sites is 1. The number of aromatic amines is 1. The largest absolute Gasteiger partial charge is 0.353 e. The van der Waals surface area contributed by atoms with Crippen LogP contribution in [0.15, 0.2) is 74.8 Å². The summed E-state index contributed by atoms with van der Waals surface area (Å²) in [5, 5.41) is 10.2. The minimum absolute atomic E-state index is 0.0448. The molecular formula is C18H15BrN4S. The summed E-state index contributed by atoms with van der Waals surface area (Å²) in [6, 6.07) is 18.4. The fourth-order valence-electron chi connectivity index (χ4n) is 2.70. The molecule has 2 aromatic carbocycles. The van der Waals surface area contributed by atoms with Gasteiger partial charge in [-0.2, -0.15) is 10.2 Å². The Hall–Kier alpha value is -2.05. The highest BCUT2D eigenvalue weighted by molar-refractivity contribution is 9.14. The molecule has 0 saturated heterocycles. The molecule has 4 nitrogen and oxygen atoms in total. The van der Waals surface area contributed by atoms with Gasteiger partial charge in [0.25, 0.3) is 0 Å². The summed E-state index contributed by atoms with van der Waals surface area (Å²) < 4.78 is 1.07. The van der Waals surface area contributed by atoms with Gasteiger partial charge in [-0.25, -0.2) is 0 Å². The van der Waals surface area contributed by atoms with Gasteiger partial charge in [0.05, 0.1) is 9.51 Å². The van der Waals surface area contributed by atoms with Crippen LogP contribution < -0.4 is 0 Å². The molecule has 4 rings (SSSR count). The molecule has 0 radical (unpaired) electrons. The molecule has 6 heteroatoms. The predicted molar refractivity (Wildman–Crippen MR) is 104 cm³/mol. The van der Waals surface area contributed by atoms with Crippen LogP contribution in [0, 0.1) is 0 Å². The normalized spacial score (nSPS) is 17.8. The number of fused-ring (bicyclic) bond motifs is 1.